The van der Waals surface area contributed by atoms with Crippen LogP contribution < -0.4 is 10.7 Å². The van der Waals surface area contributed by atoms with E-state index in [1.165, 1.54) is 0 Å². The fourth-order valence-corrected chi connectivity index (χ4v) is 1.66. The third-order valence-electron chi connectivity index (χ3n) is 3.77. The molecule has 22 heavy (non-hydrogen) atoms. The smallest absolute Gasteiger partial charge is 0.271 e. The van der Waals surface area contributed by atoms with Crippen LogP contribution in [0.2, 0.25) is 0 Å². The van der Waals surface area contributed by atoms with E-state index in [0.717, 1.165) is 18.6 Å². The van der Waals surface area contributed by atoms with Gasteiger partial charge in [-0.05, 0) is 44.0 Å². The maximum Gasteiger partial charge on any atom is 0.271 e. The molecule has 1 aromatic carbocycles. The van der Waals surface area contributed by atoms with Crippen molar-refractivity contribution in [2.24, 2.45) is 16.4 Å². The van der Waals surface area contributed by atoms with Crippen molar-refractivity contribution in [3.05, 3.63) is 29.8 Å². The fraction of sp³-hybridized carbons (Fsp3) is 0.471. The highest BCUT2D eigenvalue weighted by Gasteiger charge is 2.29. The van der Waals surface area contributed by atoms with Crippen LogP contribution in [-0.2, 0) is 4.79 Å². The number of benzene rings is 1. The van der Waals surface area contributed by atoms with Crippen molar-refractivity contribution in [3.8, 4) is 0 Å². The summed E-state index contributed by atoms with van der Waals surface area (Å²) in [4.78, 5) is 23.7. The molecule has 0 radical (unpaired) electrons. The monoisotopic (exact) mass is 301 g/mol. The van der Waals surface area contributed by atoms with Gasteiger partial charge >= 0.3 is 0 Å². The van der Waals surface area contributed by atoms with Crippen LogP contribution >= 0.6 is 0 Å². The summed E-state index contributed by atoms with van der Waals surface area (Å²) in [6.07, 6.45) is 1.94. The lowest BCUT2D eigenvalue weighted by atomic mass is 9.91. The number of amides is 2. The zero-order valence-electron chi connectivity index (χ0n) is 13.6. The molecule has 2 amide bonds. The molecule has 5 heteroatoms. The van der Waals surface area contributed by atoms with Gasteiger partial charge < -0.3 is 5.32 Å². The molecule has 0 unspecified atom stereocenters. The van der Waals surface area contributed by atoms with Gasteiger partial charge in [0.1, 0.15) is 0 Å². The first-order chi connectivity index (χ1) is 10.3. The maximum atomic E-state index is 12.0. The highest BCUT2D eigenvalue weighted by Crippen LogP contribution is 2.30. The Balaban J connectivity index is 1.94. The van der Waals surface area contributed by atoms with E-state index in [0.29, 0.717) is 11.3 Å². The van der Waals surface area contributed by atoms with Crippen LogP contribution in [0.1, 0.15) is 50.9 Å². The van der Waals surface area contributed by atoms with Crippen LogP contribution in [0.25, 0.3) is 0 Å². The van der Waals surface area contributed by atoms with E-state index >= 15 is 0 Å². The average molecular weight is 301 g/mol. The third-order valence-corrected chi connectivity index (χ3v) is 3.77. The second-order valence-electron chi connectivity index (χ2n) is 6.73. The van der Waals surface area contributed by atoms with Crippen LogP contribution in [0.3, 0.4) is 0 Å². The Kier molecular flexibility index (Phi) is 4.64. The van der Waals surface area contributed by atoms with E-state index in [2.05, 4.69) is 15.8 Å². The molecule has 0 aromatic heterocycles. The summed E-state index contributed by atoms with van der Waals surface area (Å²) in [7, 11) is 0. The topological polar surface area (TPSA) is 70.6 Å². The van der Waals surface area contributed by atoms with Crippen LogP contribution in [0.15, 0.2) is 29.4 Å². The molecule has 0 bridgehead atoms. The number of hydrogen-bond donors (Lipinski definition) is 2. The minimum Gasteiger partial charge on any atom is -0.326 e. The van der Waals surface area contributed by atoms with Gasteiger partial charge in [0.15, 0.2) is 0 Å². The quantitative estimate of drug-likeness (QED) is 0.662. The summed E-state index contributed by atoms with van der Waals surface area (Å²) in [6.45, 7) is 8.00. The molecule has 0 atom stereocenters. The van der Waals surface area contributed by atoms with E-state index in [9.17, 15) is 9.59 Å². The normalized spacial score (nSPS) is 15.4. The molecule has 0 saturated heterocycles. The van der Waals surface area contributed by atoms with Crippen molar-refractivity contribution in [1.29, 1.82) is 0 Å². The largest absolute Gasteiger partial charge is 0.326 e. The summed E-state index contributed by atoms with van der Waals surface area (Å²) in [5.74, 6) is -0.0380. The fourth-order valence-electron chi connectivity index (χ4n) is 1.66. The van der Waals surface area contributed by atoms with E-state index in [1.807, 2.05) is 27.7 Å². The summed E-state index contributed by atoms with van der Waals surface area (Å²) >= 11 is 0. The minimum atomic E-state index is -0.260. The Morgan fingerprint density at radius 3 is 2.23 bits per heavy atom. The predicted molar refractivity (Wildman–Crippen MR) is 87.8 cm³/mol. The Labute approximate surface area is 131 Å². The molecule has 1 fully saturated rings. The zero-order valence-corrected chi connectivity index (χ0v) is 13.6. The molecule has 1 aliphatic carbocycles. The average Bonchev–Trinajstić information content (AvgIpc) is 3.28. The lowest BCUT2D eigenvalue weighted by Gasteiger charge is -2.17. The minimum absolute atomic E-state index is 0.0580. The third kappa shape index (κ3) is 4.41. The summed E-state index contributed by atoms with van der Waals surface area (Å²) in [6, 6.07) is 6.82. The van der Waals surface area contributed by atoms with Crippen molar-refractivity contribution in [2.45, 2.75) is 40.5 Å². The van der Waals surface area contributed by atoms with E-state index in [4.69, 9.17) is 0 Å². The molecular weight excluding hydrogens is 278 g/mol. The standard InChI is InChI=1S/C17H23N3O2/c1-11(17(2,3)4)19-20-16(22)13-7-9-14(10-8-13)18-15(21)12-5-6-12/h7-10,12H,5-6H2,1-4H3,(H,18,21)(H,20,22)/b19-11+. The second-order valence-corrected chi connectivity index (χ2v) is 6.73. The molecule has 0 aliphatic heterocycles. The Hall–Kier alpha value is -2.17. The van der Waals surface area contributed by atoms with Gasteiger partial charge in [0.05, 0.1) is 0 Å². The van der Waals surface area contributed by atoms with Crippen molar-refractivity contribution < 1.29 is 9.59 Å². The van der Waals surface area contributed by atoms with Gasteiger partial charge in [-0.3, -0.25) is 9.59 Å². The van der Waals surface area contributed by atoms with Crippen LogP contribution in [0, 0.1) is 11.3 Å². The second kappa shape index (κ2) is 6.30. The molecule has 118 valence electrons. The highest BCUT2D eigenvalue weighted by atomic mass is 16.2. The van der Waals surface area contributed by atoms with Gasteiger partial charge in [-0.25, -0.2) is 5.43 Å². The molecule has 0 spiro atoms. The SMILES string of the molecule is C/C(=N\NC(=O)c1ccc(NC(=O)C2CC2)cc1)C(C)(C)C. The Bertz CT molecular complexity index is 593. The molecule has 2 rings (SSSR count). The first kappa shape index (κ1) is 16.2. The number of carbonyl (C=O) groups excluding carboxylic acids is 2. The molecule has 5 nitrogen and oxygen atoms in total. The molecule has 1 aliphatic rings. The van der Waals surface area contributed by atoms with Gasteiger partial charge in [-0.1, -0.05) is 20.8 Å². The van der Waals surface area contributed by atoms with E-state index in [-0.39, 0.29) is 23.1 Å². The number of hydrazone groups is 1. The Morgan fingerprint density at radius 1 is 1.14 bits per heavy atom. The summed E-state index contributed by atoms with van der Waals surface area (Å²) in [5, 5.41) is 6.96. The van der Waals surface area contributed by atoms with Crippen LogP contribution in [0.5, 0.6) is 0 Å². The first-order valence-electron chi connectivity index (χ1n) is 7.53. The van der Waals surface area contributed by atoms with Gasteiger partial charge in [0.2, 0.25) is 5.91 Å². The van der Waals surface area contributed by atoms with Gasteiger partial charge in [0, 0.05) is 28.3 Å². The molecule has 0 heterocycles. The Morgan fingerprint density at radius 2 is 1.73 bits per heavy atom. The maximum absolute atomic E-state index is 12.0. The molecule has 1 aromatic rings. The number of hydrogen-bond acceptors (Lipinski definition) is 3. The van der Waals surface area contributed by atoms with Crippen molar-refractivity contribution >= 4 is 23.2 Å². The van der Waals surface area contributed by atoms with E-state index in [1.54, 1.807) is 24.3 Å². The molecular formula is C17H23N3O2. The zero-order chi connectivity index (χ0) is 16.3. The van der Waals surface area contributed by atoms with E-state index < -0.39 is 0 Å². The highest BCUT2D eigenvalue weighted by molar-refractivity contribution is 5.97. The van der Waals surface area contributed by atoms with Crippen LogP contribution in [-0.4, -0.2) is 17.5 Å². The first-order valence-corrected chi connectivity index (χ1v) is 7.53. The van der Waals surface area contributed by atoms with Gasteiger partial charge in [0.25, 0.3) is 5.91 Å². The van der Waals surface area contributed by atoms with Gasteiger partial charge in [-0.15, -0.1) is 0 Å². The number of carbonyl (C=O) groups is 2. The molecule has 2 N–H and O–H groups in total. The summed E-state index contributed by atoms with van der Waals surface area (Å²) < 4.78 is 0. The number of nitrogens with zero attached hydrogens (tertiary/aromatic N) is 1. The lowest BCUT2D eigenvalue weighted by molar-refractivity contribution is -0.117. The van der Waals surface area contributed by atoms with Crippen molar-refractivity contribution in [2.75, 3.05) is 5.32 Å². The lowest BCUT2D eigenvalue weighted by Crippen LogP contribution is -2.24. The van der Waals surface area contributed by atoms with Gasteiger partial charge in [-0.2, -0.15) is 5.10 Å². The molecule has 1 saturated carbocycles. The summed E-state index contributed by atoms with van der Waals surface area (Å²) in [5.41, 5.74) is 4.55. The number of rotatable bonds is 4. The van der Waals surface area contributed by atoms with Crippen molar-refractivity contribution in [1.82, 2.24) is 5.43 Å². The van der Waals surface area contributed by atoms with Crippen molar-refractivity contribution in [3.63, 3.8) is 0 Å². The van der Waals surface area contributed by atoms with Crippen LogP contribution in [0.4, 0.5) is 5.69 Å². The number of nitrogens with one attached hydrogen (secondary N) is 2. The predicted octanol–water partition coefficient (Wildman–Crippen LogP) is 3.19. The number of anilines is 1.